The normalized spacial score (nSPS) is 19.9. The Balaban J connectivity index is 1.43. The minimum absolute atomic E-state index is 0.0247. The van der Waals surface area contributed by atoms with Crippen LogP contribution in [0.15, 0.2) is 52.0 Å². The molecule has 1 aromatic carbocycles. The van der Waals surface area contributed by atoms with E-state index in [0.717, 1.165) is 6.42 Å². The number of carbonyl (C=O) groups excluding carboxylic acids is 2. The third-order valence-corrected chi connectivity index (χ3v) is 7.66. The smallest absolute Gasteiger partial charge is 0.290 e. The molecule has 2 saturated heterocycles. The summed E-state index contributed by atoms with van der Waals surface area (Å²) in [7, 11) is -3.83. The Bertz CT molecular complexity index is 1110. The van der Waals surface area contributed by atoms with Crippen molar-refractivity contribution in [3.8, 4) is 6.07 Å². The van der Waals surface area contributed by atoms with Crippen molar-refractivity contribution < 1.29 is 22.4 Å². The van der Waals surface area contributed by atoms with Gasteiger partial charge in [-0.15, -0.1) is 0 Å². The number of sulfonamides is 1. The highest BCUT2D eigenvalue weighted by molar-refractivity contribution is 7.89. The fourth-order valence-electron chi connectivity index (χ4n) is 4.09. The minimum atomic E-state index is -3.83. The average Bonchev–Trinajstić information content (AvgIpc) is 3.50. The number of nitriles is 1. The molecule has 0 unspecified atom stereocenters. The van der Waals surface area contributed by atoms with Gasteiger partial charge in [0.15, 0.2) is 5.76 Å². The molecule has 0 saturated carbocycles. The fourth-order valence-corrected chi connectivity index (χ4v) is 5.66. The zero-order chi connectivity index (χ0) is 22.0. The molecule has 0 N–H and O–H groups in total. The maximum Gasteiger partial charge on any atom is 0.290 e. The van der Waals surface area contributed by atoms with E-state index >= 15 is 0 Å². The van der Waals surface area contributed by atoms with Gasteiger partial charge in [0.25, 0.3) is 5.91 Å². The summed E-state index contributed by atoms with van der Waals surface area (Å²) < 4.78 is 32.4. The van der Waals surface area contributed by atoms with Gasteiger partial charge in [-0.3, -0.25) is 9.59 Å². The molecule has 9 nitrogen and oxygen atoms in total. The highest BCUT2D eigenvalue weighted by atomic mass is 32.2. The van der Waals surface area contributed by atoms with Gasteiger partial charge in [-0.05, 0) is 37.1 Å². The number of nitrogens with zero attached hydrogens (tertiary/aromatic N) is 4. The van der Waals surface area contributed by atoms with Crippen molar-refractivity contribution in [3.63, 3.8) is 0 Å². The number of piperazine rings is 1. The molecule has 0 aliphatic carbocycles. The van der Waals surface area contributed by atoms with E-state index < -0.39 is 16.1 Å². The van der Waals surface area contributed by atoms with Gasteiger partial charge in [-0.1, -0.05) is 12.1 Å². The Morgan fingerprint density at radius 2 is 1.77 bits per heavy atom. The third kappa shape index (κ3) is 3.94. The number of furan rings is 1. The Morgan fingerprint density at radius 1 is 1.03 bits per heavy atom. The maximum absolute atomic E-state index is 13.1. The Morgan fingerprint density at radius 3 is 2.45 bits per heavy atom. The van der Waals surface area contributed by atoms with Gasteiger partial charge in [-0.2, -0.15) is 9.57 Å². The van der Waals surface area contributed by atoms with Crippen molar-refractivity contribution in [2.75, 3.05) is 32.7 Å². The first-order valence-corrected chi connectivity index (χ1v) is 11.5. The molecular formula is C21H22N4O5S. The van der Waals surface area contributed by atoms with Crippen LogP contribution in [0.2, 0.25) is 0 Å². The van der Waals surface area contributed by atoms with E-state index in [-0.39, 0.29) is 54.2 Å². The molecule has 10 heteroatoms. The molecule has 2 aliphatic heterocycles. The molecule has 0 radical (unpaired) electrons. The zero-order valence-corrected chi connectivity index (χ0v) is 17.6. The van der Waals surface area contributed by atoms with Gasteiger partial charge in [0.2, 0.25) is 15.9 Å². The van der Waals surface area contributed by atoms with Crippen LogP contribution in [0.1, 0.15) is 29.0 Å². The molecule has 31 heavy (non-hydrogen) atoms. The summed E-state index contributed by atoms with van der Waals surface area (Å²) in [6.45, 7) is 1.20. The van der Waals surface area contributed by atoms with Crippen LogP contribution in [-0.2, 0) is 14.8 Å². The van der Waals surface area contributed by atoms with Crippen molar-refractivity contribution in [3.05, 3.63) is 54.0 Å². The van der Waals surface area contributed by atoms with E-state index in [0.29, 0.717) is 13.0 Å². The van der Waals surface area contributed by atoms with Crippen LogP contribution >= 0.6 is 0 Å². The number of rotatable bonds is 4. The van der Waals surface area contributed by atoms with Crippen LogP contribution in [0.4, 0.5) is 0 Å². The summed E-state index contributed by atoms with van der Waals surface area (Å²) in [5.41, 5.74) is 0.0963. The second-order valence-electron chi connectivity index (χ2n) is 7.47. The van der Waals surface area contributed by atoms with E-state index in [2.05, 4.69) is 0 Å². The maximum atomic E-state index is 13.1. The van der Waals surface area contributed by atoms with Gasteiger partial charge < -0.3 is 14.2 Å². The minimum Gasteiger partial charge on any atom is -0.459 e. The van der Waals surface area contributed by atoms with Gasteiger partial charge in [0, 0.05) is 32.7 Å². The van der Waals surface area contributed by atoms with Crippen LogP contribution in [0.25, 0.3) is 0 Å². The van der Waals surface area contributed by atoms with Gasteiger partial charge in [-0.25, -0.2) is 8.42 Å². The van der Waals surface area contributed by atoms with Gasteiger partial charge >= 0.3 is 0 Å². The number of benzene rings is 1. The molecule has 162 valence electrons. The molecule has 3 heterocycles. The molecule has 2 fully saturated rings. The fraction of sp³-hybridized carbons (Fsp3) is 0.381. The summed E-state index contributed by atoms with van der Waals surface area (Å²) in [6, 6.07) is 10.6. The Kier molecular flexibility index (Phi) is 5.80. The Labute approximate surface area is 180 Å². The lowest BCUT2D eigenvalue weighted by Crippen LogP contribution is -2.55. The largest absolute Gasteiger partial charge is 0.459 e. The van der Waals surface area contributed by atoms with E-state index in [4.69, 9.17) is 4.42 Å². The van der Waals surface area contributed by atoms with Crippen molar-refractivity contribution in [2.45, 2.75) is 23.8 Å². The predicted molar refractivity (Wildman–Crippen MR) is 109 cm³/mol. The lowest BCUT2D eigenvalue weighted by Gasteiger charge is -2.36. The summed E-state index contributed by atoms with van der Waals surface area (Å²) in [5, 5.41) is 9.23. The van der Waals surface area contributed by atoms with Crippen LogP contribution in [-0.4, -0.2) is 73.1 Å². The van der Waals surface area contributed by atoms with Crippen molar-refractivity contribution >= 4 is 21.8 Å². The quantitative estimate of drug-likeness (QED) is 0.705. The number of amides is 2. The second-order valence-corrected chi connectivity index (χ2v) is 9.38. The van der Waals surface area contributed by atoms with Gasteiger partial charge in [0.1, 0.15) is 12.1 Å². The standard InChI is InChI=1S/C21H22N4O5S/c22-15-16-5-1-2-8-19(16)31(28,29)24-12-10-23(11-13-24)20(26)17-6-3-9-25(17)21(27)18-7-4-14-30-18/h1-2,4-5,7-8,14,17H,3,6,9-13H2/t17-/m0/s1. The topological polar surface area (TPSA) is 115 Å². The molecular weight excluding hydrogens is 420 g/mol. The highest BCUT2D eigenvalue weighted by Gasteiger charge is 2.39. The highest BCUT2D eigenvalue weighted by Crippen LogP contribution is 2.25. The number of carbonyl (C=O) groups is 2. The average molecular weight is 442 g/mol. The molecule has 2 aromatic rings. The third-order valence-electron chi connectivity index (χ3n) is 5.71. The Hall–Kier alpha value is -3.16. The SMILES string of the molecule is N#Cc1ccccc1S(=O)(=O)N1CCN(C(=O)[C@@H]2CCCN2C(=O)c2ccco2)CC1. The monoisotopic (exact) mass is 442 g/mol. The summed E-state index contributed by atoms with van der Waals surface area (Å²) in [5.74, 6) is -0.283. The van der Waals surface area contributed by atoms with E-state index in [9.17, 15) is 23.3 Å². The van der Waals surface area contributed by atoms with Gasteiger partial charge in [0.05, 0.1) is 16.7 Å². The van der Waals surface area contributed by atoms with Crippen LogP contribution in [0.5, 0.6) is 0 Å². The first kappa shape index (κ1) is 21.1. The molecule has 2 aliphatic rings. The van der Waals surface area contributed by atoms with Crippen molar-refractivity contribution in [1.29, 1.82) is 5.26 Å². The second kappa shape index (κ2) is 8.53. The van der Waals surface area contributed by atoms with Crippen molar-refractivity contribution in [1.82, 2.24) is 14.1 Å². The molecule has 1 atom stereocenters. The zero-order valence-electron chi connectivity index (χ0n) is 16.8. The lowest BCUT2D eigenvalue weighted by molar-refractivity contribution is -0.136. The summed E-state index contributed by atoms with van der Waals surface area (Å²) in [6.07, 6.45) is 2.71. The molecule has 4 rings (SSSR count). The van der Waals surface area contributed by atoms with Crippen LogP contribution in [0, 0.1) is 11.3 Å². The van der Waals surface area contributed by atoms with Crippen molar-refractivity contribution in [2.24, 2.45) is 0 Å². The summed E-state index contributed by atoms with van der Waals surface area (Å²) >= 11 is 0. The van der Waals surface area contributed by atoms with Crippen LogP contribution in [0.3, 0.4) is 0 Å². The predicted octanol–water partition coefficient (Wildman–Crippen LogP) is 1.29. The number of hydrogen-bond donors (Lipinski definition) is 0. The first-order chi connectivity index (χ1) is 14.9. The van der Waals surface area contributed by atoms with E-state index in [1.807, 2.05) is 6.07 Å². The molecule has 0 spiro atoms. The molecule has 0 bridgehead atoms. The van der Waals surface area contributed by atoms with E-state index in [1.165, 1.54) is 27.6 Å². The molecule has 2 amide bonds. The number of hydrogen-bond acceptors (Lipinski definition) is 6. The summed E-state index contributed by atoms with van der Waals surface area (Å²) in [4.78, 5) is 28.9. The van der Waals surface area contributed by atoms with E-state index in [1.54, 1.807) is 29.2 Å². The first-order valence-electron chi connectivity index (χ1n) is 10.1. The van der Waals surface area contributed by atoms with Crippen LogP contribution < -0.4 is 0 Å². The lowest BCUT2D eigenvalue weighted by atomic mass is 10.1. The molecule has 1 aromatic heterocycles. The number of likely N-dealkylation sites (tertiary alicyclic amines) is 1.